The van der Waals surface area contributed by atoms with Gasteiger partial charge in [-0.25, -0.2) is 0 Å². The van der Waals surface area contributed by atoms with E-state index in [0.29, 0.717) is 12.3 Å². The first kappa shape index (κ1) is 16.0. The minimum Gasteiger partial charge on any atom is -0.325 e. The largest absolute Gasteiger partial charge is 0.325 e. The van der Waals surface area contributed by atoms with Gasteiger partial charge in [0, 0.05) is 9.99 Å². The molecular formula is C18H20INO. The molecule has 1 atom stereocenters. The lowest BCUT2D eigenvalue weighted by atomic mass is 9.97. The zero-order valence-electron chi connectivity index (χ0n) is 12.4. The summed E-state index contributed by atoms with van der Waals surface area (Å²) in [4.78, 5) is 12.1. The lowest BCUT2D eigenvalue weighted by Gasteiger charge is -2.12. The number of hydrogen-bond donors (Lipinski definition) is 1. The molecule has 1 N–H and O–H groups in total. The highest BCUT2D eigenvalue weighted by molar-refractivity contribution is 14.1. The number of benzene rings is 2. The van der Waals surface area contributed by atoms with Crippen LogP contribution in [-0.2, 0) is 11.2 Å². The molecule has 0 aromatic heterocycles. The number of halogens is 1. The summed E-state index contributed by atoms with van der Waals surface area (Å²) < 4.78 is 1.06. The van der Waals surface area contributed by atoms with Gasteiger partial charge in [0.05, 0.1) is 5.69 Å². The zero-order chi connectivity index (χ0) is 15.2. The third-order valence-corrected chi connectivity index (χ3v) is 4.33. The number of amides is 1. The average Bonchev–Trinajstić information content (AvgIpc) is 2.44. The van der Waals surface area contributed by atoms with Crippen molar-refractivity contribution >= 4 is 34.2 Å². The van der Waals surface area contributed by atoms with E-state index < -0.39 is 0 Å². The molecule has 21 heavy (non-hydrogen) atoms. The molecule has 2 aromatic carbocycles. The Labute approximate surface area is 140 Å². The van der Waals surface area contributed by atoms with Crippen molar-refractivity contribution in [3.05, 3.63) is 63.2 Å². The lowest BCUT2D eigenvalue weighted by molar-refractivity contribution is -0.116. The van der Waals surface area contributed by atoms with Crippen LogP contribution in [0.5, 0.6) is 0 Å². The van der Waals surface area contributed by atoms with Gasteiger partial charge in [-0.05, 0) is 59.5 Å². The summed E-state index contributed by atoms with van der Waals surface area (Å²) in [5.41, 5.74) is 3.45. The van der Waals surface area contributed by atoms with Gasteiger partial charge in [-0.3, -0.25) is 4.79 Å². The first-order valence-electron chi connectivity index (χ1n) is 7.14. The van der Waals surface area contributed by atoms with Crippen LogP contribution < -0.4 is 5.32 Å². The van der Waals surface area contributed by atoms with E-state index in [1.807, 2.05) is 24.3 Å². The van der Waals surface area contributed by atoms with Crippen LogP contribution in [0.15, 0.2) is 48.5 Å². The SMILES string of the molecule is Cc1ccc(C[C@@H](C)CC(=O)Nc2ccccc2I)cc1. The van der Waals surface area contributed by atoms with Crippen molar-refractivity contribution in [2.24, 2.45) is 5.92 Å². The number of anilines is 1. The molecule has 0 unspecified atom stereocenters. The average molecular weight is 393 g/mol. The molecule has 0 radical (unpaired) electrons. The Bertz CT molecular complexity index is 607. The highest BCUT2D eigenvalue weighted by Crippen LogP contribution is 2.19. The van der Waals surface area contributed by atoms with Crippen LogP contribution in [0.4, 0.5) is 5.69 Å². The Morgan fingerprint density at radius 1 is 1.14 bits per heavy atom. The topological polar surface area (TPSA) is 29.1 Å². The molecule has 0 aliphatic heterocycles. The van der Waals surface area contributed by atoms with E-state index in [0.717, 1.165) is 15.7 Å². The molecule has 0 fully saturated rings. The zero-order valence-corrected chi connectivity index (χ0v) is 14.6. The van der Waals surface area contributed by atoms with Crippen LogP contribution in [0.1, 0.15) is 24.5 Å². The van der Waals surface area contributed by atoms with Gasteiger partial charge < -0.3 is 5.32 Å². The number of carbonyl (C=O) groups excluding carboxylic acids is 1. The second kappa shape index (κ2) is 7.59. The van der Waals surface area contributed by atoms with E-state index in [1.54, 1.807) is 0 Å². The maximum Gasteiger partial charge on any atom is 0.224 e. The van der Waals surface area contributed by atoms with Crippen molar-refractivity contribution in [3.8, 4) is 0 Å². The van der Waals surface area contributed by atoms with Crippen LogP contribution in [0.25, 0.3) is 0 Å². The third kappa shape index (κ3) is 5.16. The van der Waals surface area contributed by atoms with Crippen LogP contribution in [-0.4, -0.2) is 5.91 Å². The first-order chi connectivity index (χ1) is 10.0. The van der Waals surface area contributed by atoms with Crippen LogP contribution >= 0.6 is 22.6 Å². The van der Waals surface area contributed by atoms with Crippen LogP contribution in [0, 0.1) is 16.4 Å². The number of nitrogens with one attached hydrogen (secondary N) is 1. The molecule has 2 nitrogen and oxygen atoms in total. The van der Waals surface area contributed by atoms with Gasteiger partial charge in [0.15, 0.2) is 0 Å². The summed E-state index contributed by atoms with van der Waals surface area (Å²) in [5.74, 6) is 0.410. The summed E-state index contributed by atoms with van der Waals surface area (Å²) in [5, 5.41) is 2.99. The van der Waals surface area contributed by atoms with Gasteiger partial charge in [0.25, 0.3) is 0 Å². The summed E-state index contributed by atoms with van der Waals surface area (Å²) in [6.45, 7) is 4.21. The van der Waals surface area contributed by atoms with Crippen molar-refractivity contribution in [2.75, 3.05) is 5.32 Å². The molecule has 3 heteroatoms. The standard InChI is InChI=1S/C18H20INO/c1-13-7-9-15(10-8-13)11-14(2)12-18(21)20-17-6-4-3-5-16(17)19/h3-10,14H,11-12H2,1-2H3,(H,20,21)/t14-/m1/s1. The summed E-state index contributed by atoms with van der Waals surface area (Å²) in [6.07, 6.45) is 1.47. The van der Waals surface area contributed by atoms with Gasteiger partial charge in [-0.1, -0.05) is 48.9 Å². The molecule has 0 saturated heterocycles. The summed E-state index contributed by atoms with van der Waals surface area (Å²) in [7, 11) is 0. The van der Waals surface area contributed by atoms with E-state index >= 15 is 0 Å². The second-order valence-electron chi connectivity index (χ2n) is 5.53. The van der Waals surface area contributed by atoms with Gasteiger partial charge in [0.1, 0.15) is 0 Å². The minimum atomic E-state index is 0.0822. The van der Waals surface area contributed by atoms with E-state index in [1.165, 1.54) is 11.1 Å². The second-order valence-corrected chi connectivity index (χ2v) is 6.69. The van der Waals surface area contributed by atoms with Crippen LogP contribution in [0.2, 0.25) is 0 Å². The van der Waals surface area contributed by atoms with Gasteiger partial charge in [-0.15, -0.1) is 0 Å². The highest BCUT2D eigenvalue weighted by atomic mass is 127. The molecule has 0 spiro atoms. The van der Waals surface area contributed by atoms with Crippen molar-refractivity contribution in [2.45, 2.75) is 26.7 Å². The van der Waals surface area contributed by atoms with Crippen molar-refractivity contribution in [1.82, 2.24) is 0 Å². The highest BCUT2D eigenvalue weighted by Gasteiger charge is 2.11. The normalized spacial score (nSPS) is 12.0. The molecule has 0 saturated carbocycles. The fraction of sp³-hybridized carbons (Fsp3) is 0.278. The van der Waals surface area contributed by atoms with Crippen molar-refractivity contribution in [3.63, 3.8) is 0 Å². The Morgan fingerprint density at radius 3 is 2.48 bits per heavy atom. The van der Waals surface area contributed by atoms with Gasteiger partial charge >= 0.3 is 0 Å². The Hall–Kier alpha value is -1.36. The first-order valence-corrected chi connectivity index (χ1v) is 8.22. The number of aryl methyl sites for hydroxylation is 1. The van der Waals surface area contributed by atoms with E-state index in [2.05, 4.69) is 66.0 Å². The molecule has 0 aliphatic rings. The summed E-state index contributed by atoms with van der Waals surface area (Å²) in [6, 6.07) is 16.4. The third-order valence-electron chi connectivity index (χ3n) is 3.39. The Morgan fingerprint density at radius 2 is 1.81 bits per heavy atom. The van der Waals surface area contributed by atoms with E-state index in [9.17, 15) is 4.79 Å². The quantitative estimate of drug-likeness (QED) is 0.726. The monoisotopic (exact) mass is 393 g/mol. The maximum absolute atomic E-state index is 12.1. The molecule has 2 rings (SSSR count). The number of carbonyl (C=O) groups is 1. The molecular weight excluding hydrogens is 373 g/mol. The predicted molar refractivity (Wildman–Crippen MR) is 96.5 cm³/mol. The molecule has 0 heterocycles. The molecule has 0 bridgehead atoms. The molecule has 0 aliphatic carbocycles. The lowest BCUT2D eigenvalue weighted by Crippen LogP contribution is -2.16. The number of para-hydroxylation sites is 1. The van der Waals surface area contributed by atoms with Crippen LogP contribution in [0.3, 0.4) is 0 Å². The van der Waals surface area contributed by atoms with Crippen molar-refractivity contribution < 1.29 is 4.79 Å². The van der Waals surface area contributed by atoms with Gasteiger partial charge in [-0.2, -0.15) is 0 Å². The van der Waals surface area contributed by atoms with Crippen molar-refractivity contribution in [1.29, 1.82) is 0 Å². The summed E-state index contributed by atoms with van der Waals surface area (Å²) >= 11 is 2.23. The smallest absolute Gasteiger partial charge is 0.224 e. The molecule has 1 amide bonds. The van der Waals surface area contributed by atoms with E-state index in [4.69, 9.17) is 0 Å². The Balaban J connectivity index is 1.87. The number of rotatable bonds is 5. The molecule has 110 valence electrons. The fourth-order valence-corrected chi connectivity index (χ4v) is 2.80. The van der Waals surface area contributed by atoms with E-state index in [-0.39, 0.29) is 5.91 Å². The minimum absolute atomic E-state index is 0.0822. The number of hydrogen-bond acceptors (Lipinski definition) is 1. The Kier molecular flexibility index (Phi) is 5.79. The predicted octanol–water partition coefficient (Wildman–Crippen LogP) is 4.81. The molecule has 2 aromatic rings. The maximum atomic E-state index is 12.1. The fourth-order valence-electron chi connectivity index (χ4n) is 2.28. The van der Waals surface area contributed by atoms with Gasteiger partial charge in [0.2, 0.25) is 5.91 Å².